The molecule has 0 saturated carbocycles. The summed E-state index contributed by atoms with van der Waals surface area (Å²) in [5, 5.41) is 0.528. The number of fused-ring (bicyclic) bond motifs is 1. The predicted octanol–water partition coefficient (Wildman–Crippen LogP) is 7.54. The molecule has 0 bridgehead atoms. The Morgan fingerprint density at radius 2 is 1.51 bits per heavy atom. The zero-order valence-electron chi connectivity index (χ0n) is 24.9. The molecule has 1 unspecified atom stereocenters. The molecule has 0 radical (unpaired) electrons. The van der Waals surface area contributed by atoms with E-state index in [-0.39, 0.29) is 9.93 Å². The number of nitrogens with one attached hydrogen (secondary N) is 1. The van der Waals surface area contributed by atoms with Crippen LogP contribution < -0.4 is 9.15 Å². The first-order valence-electron chi connectivity index (χ1n) is 13.5. The Kier molecular flexibility index (Phi) is 8.45. The molecule has 0 aliphatic carbocycles. The van der Waals surface area contributed by atoms with Gasteiger partial charge in [-0.1, -0.05) is 57.2 Å². The quantitative estimate of drug-likeness (QED) is 0.208. The molecule has 0 aliphatic rings. The van der Waals surface area contributed by atoms with Crippen molar-refractivity contribution in [2.24, 2.45) is 0 Å². The fourth-order valence-electron chi connectivity index (χ4n) is 4.15. The number of para-hydroxylation sites is 1. The number of hydrogen-bond acceptors (Lipinski definition) is 4. The average molecular weight is 615 g/mol. The molecular weight excluding hydrogens is 576 g/mol. The highest BCUT2D eigenvalue weighted by Gasteiger charge is 2.40. The van der Waals surface area contributed by atoms with Gasteiger partial charge in [-0.3, -0.25) is 0 Å². The monoisotopic (exact) mass is 614 g/mol. The summed E-state index contributed by atoms with van der Waals surface area (Å²) in [6.07, 6.45) is 0. The van der Waals surface area contributed by atoms with Crippen LogP contribution in [0.15, 0.2) is 83.8 Å². The van der Waals surface area contributed by atoms with Gasteiger partial charge < -0.3 is 4.43 Å². The normalized spacial score (nSPS) is 14.7. The van der Waals surface area contributed by atoms with Crippen LogP contribution in [-0.2, 0) is 21.0 Å². The van der Waals surface area contributed by atoms with Crippen LogP contribution in [0.5, 0.6) is 5.75 Å². The third-order valence-corrected chi connectivity index (χ3v) is 15.2. The van der Waals surface area contributed by atoms with Gasteiger partial charge in [-0.05, 0) is 81.4 Å². The largest absolute Gasteiger partial charge is 0.543 e. The molecule has 41 heavy (non-hydrogen) atoms. The number of hydrogen-bond donors (Lipinski definition) is 1. The summed E-state index contributed by atoms with van der Waals surface area (Å²) in [6.45, 7) is 16.0. The van der Waals surface area contributed by atoms with Crippen LogP contribution in [0.1, 0.15) is 58.8 Å². The minimum absolute atomic E-state index is 0.107. The van der Waals surface area contributed by atoms with Crippen LogP contribution in [0.2, 0.25) is 18.1 Å². The second kappa shape index (κ2) is 11.1. The minimum Gasteiger partial charge on any atom is -0.543 e. The summed E-state index contributed by atoms with van der Waals surface area (Å²) < 4.78 is 67.5. The molecule has 0 fully saturated rings. The van der Waals surface area contributed by atoms with Crippen LogP contribution >= 0.6 is 0 Å². The summed E-state index contributed by atoms with van der Waals surface area (Å²) in [4.78, 5) is 0.107. The lowest BCUT2D eigenvalue weighted by atomic mass is 10.0. The molecule has 1 N–H and O–H groups in total. The molecule has 6 nitrogen and oxygen atoms in total. The molecule has 1 aromatic heterocycles. The number of benzene rings is 3. The third kappa shape index (κ3) is 6.35. The van der Waals surface area contributed by atoms with E-state index in [1.807, 2.05) is 32.9 Å². The van der Waals surface area contributed by atoms with E-state index < -0.39 is 45.9 Å². The number of nitrogens with zero attached hydrogens (tertiary/aromatic N) is 1. The lowest BCUT2D eigenvalue weighted by Crippen LogP contribution is -2.44. The topological polar surface area (TPSA) is 77.4 Å². The van der Waals surface area contributed by atoms with Gasteiger partial charge in [0.2, 0.25) is 8.32 Å². The second-order valence-electron chi connectivity index (χ2n) is 12.7. The van der Waals surface area contributed by atoms with Crippen molar-refractivity contribution >= 4 is 40.2 Å². The first-order valence-corrected chi connectivity index (χ1v) is 19.0. The number of halogens is 1. The van der Waals surface area contributed by atoms with Crippen LogP contribution in [0.25, 0.3) is 10.9 Å². The summed E-state index contributed by atoms with van der Waals surface area (Å²) in [5.74, 6) is -0.0835. The molecule has 220 valence electrons. The molecular formula is C31H39FN2O4S2Si. The highest BCUT2D eigenvalue weighted by molar-refractivity contribution is 7.90. The first-order chi connectivity index (χ1) is 18.9. The van der Waals surface area contributed by atoms with E-state index in [0.717, 1.165) is 0 Å². The maximum absolute atomic E-state index is 15.0. The molecule has 4 aromatic rings. The Morgan fingerprint density at radius 1 is 0.902 bits per heavy atom. The molecule has 0 spiro atoms. The zero-order valence-corrected chi connectivity index (χ0v) is 27.5. The van der Waals surface area contributed by atoms with Crippen molar-refractivity contribution in [2.45, 2.75) is 75.4 Å². The highest BCUT2D eigenvalue weighted by atomic mass is 32.2. The highest BCUT2D eigenvalue weighted by Crippen LogP contribution is 2.42. The van der Waals surface area contributed by atoms with E-state index in [1.54, 1.807) is 42.5 Å². The first kappa shape index (κ1) is 31.1. The minimum atomic E-state index is -4.11. The molecule has 3 aromatic carbocycles. The fourth-order valence-corrected chi connectivity index (χ4v) is 7.58. The van der Waals surface area contributed by atoms with Gasteiger partial charge in [0.25, 0.3) is 10.0 Å². The predicted molar refractivity (Wildman–Crippen MR) is 168 cm³/mol. The van der Waals surface area contributed by atoms with Gasteiger partial charge in [-0.2, -0.15) is 0 Å². The second-order valence-corrected chi connectivity index (χ2v) is 21.2. The van der Waals surface area contributed by atoms with E-state index in [2.05, 4.69) is 38.6 Å². The molecule has 4 rings (SSSR count). The van der Waals surface area contributed by atoms with Crippen LogP contribution in [-0.4, -0.2) is 29.7 Å². The summed E-state index contributed by atoms with van der Waals surface area (Å²) in [5.41, 5.74) is 1.14. The van der Waals surface area contributed by atoms with Crippen LogP contribution in [0.4, 0.5) is 4.39 Å². The van der Waals surface area contributed by atoms with E-state index in [4.69, 9.17) is 4.43 Å². The summed E-state index contributed by atoms with van der Waals surface area (Å²) in [6, 6.07) is 20.4. The third-order valence-electron chi connectivity index (χ3n) is 7.51. The molecule has 0 amide bonds. The van der Waals surface area contributed by atoms with Crippen molar-refractivity contribution in [3.63, 3.8) is 0 Å². The van der Waals surface area contributed by atoms with E-state index in [1.165, 1.54) is 28.2 Å². The van der Waals surface area contributed by atoms with Crippen molar-refractivity contribution in [3.05, 3.63) is 95.9 Å². The standard InChI is InChI=1S/C31H39FN2O4S2Si/c1-30(2,3)39(35)33-29(25-21-23(32)18-19-28(25)38-41(7,8)31(4,5)6)27-20-22-14-12-13-17-26(22)34(27)40(36,37)24-15-10-9-11-16-24/h9-21,29,33H,1-8H3/t29-,39?/m0/s1. The summed E-state index contributed by atoms with van der Waals surface area (Å²) in [7, 11) is -8.16. The van der Waals surface area contributed by atoms with Gasteiger partial charge >= 0.3 is 0 Å². The molecule has 0 saturated heterocycles. The van der Waals surface area contributed by atoms with Crippen molar-refractivity contribution in [1.82, 2.24) is 8.69 Å². The Hall–Kier alpha value is -2.79. The van der Waals surface area contributed by atoms with Gasteiger partial charge in [0, 0.05) is 10.9 Å². The maximum Gasteiger partial charge on any atom is 0.268 e. The zero-order chi connectivity index (χ0) is 30.4. The fraction of sp³-hybridized carbons (Fsp3) is 0.355. The van der Waals surface area contributed by atoms with Gasteiger partial charge in [-0.25, -0.2) is 25.7 Å². The van der Waals surface area contributed by atoms with Gasteiger partial charge in [-0.15, -0.1) is 0 Å². The maximum atomic E-state index is 15.0. The van der Waals surface area contributed by atoms with Gasteiger partial charge in [0.05, 0.1) is 37.9 Å². The number of aromatic nitrogens is 1. The van der Waals surface area contributed by atoms with Crippen molar-refractivity contribution in [1.29, 1.82) is 0 Å². The van der Waals surface area contributed by atoms with Gasteiger partial charge in [0.15, 0.2) is 0 Å². The Labute approximate surface area is 246 Å². The molecule has 1 heterocycles. The summed E-state index contributed by atoms with van der Waals surface area (Å²) >= 11 is 0. The SMILES string of the molecule is CC(C)(C)S(=O)N[C@@H](c1cc(F)ccc1O[Si](C)(C)C(C)(C)C)c1cc2ccccc2n1S(=O)(=O)c1ccccc1. The van der Waals surface area contributed by atoms with Gasteiger partial charge in [0.1, 0.15) is 11.6 Å². The smallest absolute Gasteiger partial charge is 0.268 e. The van der Waals surface area contributed by atoms with Crippen molar-refractivity contribution in [2.75, 3.05) is 0 Å². The lowest BCUT2D eigenvalue weighted by molar-refractivity contribution is 0.479. The Morgan fingerprint density at radius 3 is 2.12 bits per heavy atom. The van der Waals surface area contributed by atoms with E-state index in [9.17, 15) is 17.0 Å². The molecule has 2 atom stereocenters. The number of rotatable bonds is 8. The Balaban J connectivity index is 2.05. The van der Waals surface area contributed by atoms with E-state index >= 15 is 0 Å². The lowest BCUT2D eigenvalue weighted by Gasteiger charge is -2.37. The van der Waals surface area contributed by atoms with Crippen LogP contribution in [0, 0.1) is 5.82 Å². The molecule has 0 aliphatic heterocycles. The molecule has 10 heteroatoms. The van der Waals surface area contributed by atoms with Crippen molar-refractivity contribution in [3.8, 4) is 5.75 Å². The van der Waals surface area contributed by atoms with Crippen molar-refractivity contribution < 1.29 is 21.4 Å². The van der Waals surface area contributed by atoms with Crippen LogP contribution in [0.3, 0.4) is 0 Å². The van der Waals surface area contributed by atoms with E-state index in [0.29, 0.717) is 27.9 Å². The Bertz CT molecular complexity index is 1690. The average Bonchev–Trinajstić information content (AvgIpc) is 3.27.